The minimum absolute atomic E-state index is 0.159. The van der Waals surface area contributed by atoms with Gasteiger partial charge in [0.2, 0.25) is 5.91 Å². The molecular weight excluding hydrogens is 406 g/mol. The first-order valence-corrected chi connectivity index (χ1v) is 11.3. The van der Waals surface area contributed by atoms with E-state index in [1.54, 1.807) is 6.08 Å². The number of unbranched alkanes of at least 4 members (excludes halogenated alkanes) is 1. The molecule has 0 saturated heterocycles. The van der Waals surface area contributed by atoms with E-state index in [4.69, 9.17) is 10.2 Å². The molecule has 0 radical (unpaired) electrons. The number of ketones is 1. The third-order valence-electron chi connectivity index (χ3n) is 5.51. The number of rotatable bonds is 14. The van der Waals surface area contributed by atoms with Crippen LogP contribution in [0.4, 0.5) is 0 Å². The van der Waals surface area contributed by atoms with E-state index in [2.05, 4.69) is 5.32 Å². The number of allylic oxidation sites excluding steroid dienone is 5. The normalized spacial score (nSPS) is 15.4. The number of amides is 1. The maximum atomic E-state index is 12.2. The quantitative estimate of drug-likeness (QED) is 0.262. The molecule has 6 heteroatoms. The second-order valence-corrected chi connectivity index (χ2v) is 8.08. The molecule has 0 spiro atoms. The van der Waals surface area contributed by atoms with E-state index in [-0.39, 0.29) is 24.9 Å². The number of hydrogen-bond acceptors (Lipinski definition) is 5. The van der Waals surface area contributed by atoms with Crippen LogP contribution in [0.25, 0.3) is 0 Å². The number of Topliss-reactive ketones (excluding diaryl/α,β-unsaturated/α-hetero) is 1. The summed E-state index contributed by atoms with van der Waals surface area (Å²) in [6.45, 7) is -0.571. The van der Waals surface area contributed by atoms with Crippen LogP contribution < -0.4 is 5.32 Å². The van der Waals surface area contributed by atoms with Gasteiger partial charge >= 0.3 is 0 Å². The van der Waals surface area contributed by atoms with Crippen LogP contribution in [0, 0.1) is 0 Å². The van der Waals surface area contributed by atoms with Crippen molar-refractivity contribution in [3.8, 4) is 0 Å². The van der Waals surface area contributed by atoms with Crippen molar-refractivity contribution in [2.45, 2.75) is 63.5 Å². The van der Waals surface area contributed by atoms with Crippen LogP contribution >= 0.6 is 0 Å². The molecule has 1 aliphatic rings. The largest absolute Gasteiger partial charge is 0.394 e. The van der Waals surface area contributed by atoms with E-state index in [1.807, 2.05) is 48.6 Å². The second kappa shape index (κ2) is 14.5. The monoisotopic (exact) mass is 441 g/mol. The van der Waals surface area contributed by atoms with Crippen LogP contribution in [0.3, 0.4) is 0 Å². The van der Waals surface area contributed by atoms with Crippen LogP contribution in [0.2, 0.25) is 0 Å². The summed E-state index contributed by atoms with van der Waals surface area (Å²) in [5.74, 6) is -0.0371. The fourth-order valence-corrected chi connectivity index (χ4v) is 3.59. The van der Waals surface area contributed by atoms with Gasteiger partial charge in [-0.15, -0.1) is 0 Å². The Balaban J connectivity index is 1.75. The zero-order valence-electron chi connectivity index (χ0n) is 18.6. The highest BCUT2D eigenvalue weighted by Crippen LogP contribution is 2.27. The van der Waals surface area contributed by atoms with Crippen molar-refractivity contribution in [1.29, 1.82) is 0 Å². The molecule has 2 rings (SSSR count). The van der Waals surface area contributed by atoms with Gasteiger partial charge in [-0.05, 0) is 49.7 Å². The van der Waals surface area contributed by atoms with Crippen LogP contribution in [0.1, 0.15) is 50.5 Å². The molecule has 1 amide bonds. The molecule has 0 aromatic heterocycles. The van der Waals surface area contributed by atoms with Crippen molar-refractivity contribution in [2.24, 2.45) is 0 Å². The van der Waals surface area contributed by atoms with Crippen LogP contribution in [0.15, 0.2) is 65.8 Å². The molecular formula is C26H35NO5. The zero-order valence-corrected chi connectivity index (χ0v) is 18.6. The Bertz CT molecular complexity index is 809. The first-order valence-electron chi connectivity index (χ1n) is 11.3. The Morgan fingerprint density at radius 3 is 2.56 bits per heavy atom. The average Bonchev–Trinajstić information content (AvgIpc) is 3.16. The molecule has 174 valence electrons. The van der Waals surface area contributed by atoms with Crippen LogP contribution in [-0.4, -0.2) is 52.4 Å². The molecule has 0 saturated carbocycles. The number of aliphatic hydroxyl groups excluding tert-OH is 3. The van der Waals surface area contributed by atoms with Crippen LogP contribution in [0.5, 0.6) is 0 Å². The SMILES string of the molecule is O=C(CCCC=CCC1=C(C=C[C@@H](O)CCc2ccccc2)CCC1=O)NC(CO)CO. The van der Waals surface area contributed by atoms with Crippen molar-refractivity contribution < 1.29 is 24.9 Å². The molecule has 0 bridgehead atoms. The van der Waals surface area contributed by atoms with Gasteiger partial charge in [0, 0.05) is 18.4 Å². The highest BCUT2D eigenvalue weighted by atomic mass is 16.3. The Morgan fingerprint density at radius 2 is 1.84 bits per heavy atom. The van der Waals surface area contributed by atoms with Crippen LogP contribution in [-0.2, 0) is 16.0 Å². The van der Waals surface area contributed by atoms with Crippen molar-refractivity contribution >= 4 is 11.7 Å². The topological polar surface area (TPSA) is 107 Å². The number of aliphatic hydroxyl groups is 3. The summed E-state index contributed by atoms with van der Waals surface area (Å²) >= 11 is 0. The Hall–Kier alpha value is -2.54. The Labute approximate surface area is 190 Å². The summed E-state index contributed by atoms with van der Waals surface area (Å²) < 4.78 is 0. The van der Waals surface area contributed by atoms with Gasteiger partial charge in [-0.1, -0.05) is 54.6 Å². The Kier molecular flexibility index (Phi) is 11.7. The fourth-order valence-electron chi connectivity index (χ4n) is 3.59. The summed E-state index contributed by atoms with van der Waals surface area (Å²) in [5.41, 5.74) is 3.00. The lowest BCUT2D eigenvalue weighted by Crippen LogP contribution is -2.39. The molecule has 4 N–H and O–H groups in total. The van der Waals surface area contributed by atoms with Gasteiger partial charge in [0.25, 0.3) is 0 Å². The highest BCUT2D eigenvalue weighted by molar-refractivity contribution is 5.99. The molecule has 1 aliphatic carbocycles. The smallest absolute Gasteiger partial charge is 0.220 e. The molecule has 0 heterocycles. The maximum Gasteiger partial charge on any atom is 0.220 e. The second-order valence-electron chi connectivity index (χ2n) is 8.08. The predicted octanol–water partition coefficient (Wildman–Crippen LogP) is 2.78. The summed E-state index contributed by atoms with van der Waals surface area (Å²) in [4.78, 5) is 23.9. The number of nitrogens with one attached hydrogen (secondary N) is 1. The van der Waals surface area contributed by atoms with Crippen molar-refractivity contribution in [3.05, 3.63) is 71.3 Å². The van der Waals surface area contributed by atoms with Crippen molar-refractivity contribution in [2.75, 3.05) is 13.2 Å². The molecule has 0 unspecified atom stereocenters. The third-order valence-corrected chi connectivity index (χ3v) is 5.51. The van der Waals surface area contributed by atoms with Crippen molar-refractivity contribution in [1.82, 2.24) is 5.32 Å². The van der Waals surface area contributed by atoms with E-state index in [9.17, 15) is 14.7 Å². The minimum Gasteiger partial charge on any atom is -0.394 e. The van der Waals surface area contributed by atoms with Gasteiger partial charge in [-0.25, -0.2) is 0 Å². The standard InChI is InChI=1S/C26H35NO5/c28-18-22(19-29)27-26(32)11-7-2-1-6-10-24-21(14-17-25(24)31)13-16-23(30)15-12-20-8-4-3-5-9-20/h1,3-6,8-9,13,16,22-23,28-30H,2,7,10-12,14-15,17-19H2,(H,27,32)/t23-/m0/s1. The lowest BCUT2D eigenvalue weighted by molar-refractivity contribution is -0.122. The van der Waals surface area contributed by atoms with E-state index < -0.39 is 12.1 Å². The third kappa shape index (κ3) is 9.30. The van der Waals surface area contributed by atoms with E-state index >= 15 is 0 Å². The molecule has 1 atom stereocenters. The van der Waals surface area contributed by atoms with Gasteiger partial charge in [0.1, 0.15) is 0 Å². The summed E-state index contributed by atoms with van der Waals surface area (Å²) in [6.07, 6.45) is 12.0. The van der Waals surface area contributed by atoms with E-state index in [0.29, 0.717) is 44.9 Å². The molecule has 0 fully saturated rings. The maximum absolute atomic E-state index is 12.2. The van der Waals surface area contributed by atoms with E-state index in [0.717, 1.165) is 17.6 Å². The zero-order chi connectivity index (χ0) is 23.2. The first kappa shape index (κ1) is 25.7. The molecule has 32 heavy (non-hydrogen) atoms. The molecule has 1 aromatic carbocycles. The van der Waals surface area contributed by atoms with Gasteiger partial charge in [-0.2, -0.15) is 0 Å². The molecule has 0 aliphatic heterocycles. The number of carbonyl (C=O) groups is 2. The van der Waals surface area contributed by atoms with Gasteiger partial charge in [0.15, 0.2) is 5.78 Å². The predicted molar refractivity (Wildman–Crippen MR) is 125 cm³/mol. The first-order chi connectivity index (χ1) is 15.5. The summed E-state index contributed by atoms with van der Waals surface area (Å²) in [6, 6.07) is 9.44. The van der Waals surface area contributed by atoms with Gasteiger partial charge in [-0.3, -0.25) is 9.59 Å². The minimum atomic E-state index is -0.610. The summed E-state index contributed by atoms with van der Waals surface area (Å²) in [7, 11) is 0. The average molecular weight is 442 g/mol. The number of carbonyl (C=O) groups excluding carboxylic acids is 2. The van der Waals surface area contributed by atoms with Gasteiger partial charge < -0.3 is 20.6 Å². The fraction of sp³-hybridized carbons (Fsp3) is 0.462. The van der Waals surface area contributed by atoms with Gasteiger partial charge in [0.05, 0.1) is 25.4 Å². The number of benzene rings is 1. The summed E-state index contributed by atoms with van der Waals surface area (Å²) in [5, 5.41) is 30.8. The molecule has 6 nitrogen and oxygen atoms in total. The molecule has 1 aromatic rings. The number of hydrogen-bond donors (Lipinski definition) is 4. The highest BCUT2D eigenvalue weighted by Gasteiger charge is 2.20. The lowest BCUT2D eigenvalue weighted by atomic mass is 10.0. The van der Waals surface area contributed by atoms with E-state index in [1.165, 1.54) is 5.56 Å². The Morgan fingerprint density at radius 1 is 1.09 bits per heavy atom. The lowest BCUT2D eigenvalue weighted by Gasteiger charge is -2.12. The van der Waals surface area contributed by atoms with Crippen molar-refractivity contribution in [3.63, 3.8) is 0 Å². The number of aryl methyl sites for hydroxylation is 1.